The molecule has 16 heavy (non-hydrogen) atoms. The van der Waals surface area contributed by atoms with Gasteiger partial charge in [0.1, 0.15) is 0 Å². The molecule has 1 aliphatic rings. The van der Waals surface area contributed by atoms with Gasteiger partial charge in [-0.3, -0.25) is 0 Å². The minimum absolute atomic E-state index is 0.109. The smallest absolute Gasteiger partial charge is 0.0855 e. The Morgan fingerprint density at radius 1 is 1.25 bits per heavy atom. The van der Waals surface area contributed by atoms with E-state index in [1.165, 1.54) is 0 Å². The zero-order chi connectivity index (χ0) is 12.6. The van der Waals surface area contributed by atoms with Crippen LogP contribution in [0.1, 0.15) is 40.5 Å². The second-order valence-electron chi connectivity index (χ2n) is 6.41. The molecule has 96 valence electrons. The van der Waals surface area contributed by atoms with Crippen molar-refractivity contribution >= 4 is 0 Å². The molecule has 0 saturated carbocycles. The maximum atomic E-state index is 10.7. The van der Waals surface area contributed by atoms with E-state index in [-0.39, 0.29) is 17.1 Å². The molecule has 0 aliphatic carbocycles. The number of nitrogens with one attached hydrogen (secondary N) is 1. The van der Waals surface area contributed by atoms with Gasteiger partial charge in [-0.2, -0.15) is 0 Å². The SMILES string of the molecule is COCC(N)C1(O)CC(C)(C)NC(C)(C)C1. The molecule has 0 radical (unpaired) electrons. The Labute approximate surface area is 98.5 Å². The minimum atomic E-state index is -0.853. The highest BCUT2D eigenvalue weighted by Gasteiger charge is 2.48. The van der Waals surface area contributed by atoms with Gasteiger partial charge in [-0.05, 0) is 40.5 Å². The monoisotopic (exact) mass is 230 g/mol. The van der Waals surface area contributed by atoms with Gasteiger partial charge in [0.05, 0.1) is 18.2 Å². The van der Waals surface area contributed by atoms with Crippen LogP contribution in [0.3, 0.4) is 0 Å². The van der Waals surface area contributed by atoms with Gasteiger partial charge >= 0.3 is 0 Å². The first-order chi connectivity index (χ1) is 7.10. The third kappa shape index (κ3) is 3.17. The molecule has 0 spiro atoms. The van der Waals surface area contributed by atoms with Gasteiger partial charge in [0.15, 0.2) is 0 Å². The molecule has 4 nitrogen and oxygen atoms in total. The van der Waals surface area contributed by atoms with Crippen LogP contribution >= 0.6 is 0 Å². The highest BCUT2D eigenvalue weighted by atomic mass is 16.5. The summed E-state index contributed by atoms with van der Waals surface area (Å²) < 4.78 is 5.05. The predicted octanol–water partition coefficient (Wildman–Crippen LogP) is 0.632. The molecule has 1 unspecified atom stereocenters. The molecule has 4 heteroatoms. The van der Waals surface area contributed by atoms with Gasteiger partial charge in [-0.25, -0.2) is 0 Å². The van der Waals surface area contributed by atoms with Crippen molar-refractivity contribution < 1.29 is 9.84 Å². The molecular weight excluding hydrogens is 204 g/mol. The first-order valence-electron chi connectivity index (χ1n) is 5.87. The van der Waals surface area contributed by atoms with Crippen LogP contribution in [0, 0.1) is 0 Å². The average molecular weight is 230 g/mol. The molecule has 0 amide bonds. The number of methoxy groups -OCH3 is 1. The molecule has 1 rings (SSSR count). The van der Waals surface area contributed by atoms with E-state index in [1.807, 2.05) is 0 Å². The number of hydrogen-bond acceptors (Lipinski definition) is 4. The third-order valence-electron chi connectivity index (χ3n) is 3.21. The van der Waals surface area contributed by atoms with Crippen molar-refractivity contribution in [3.05, 3.63) is 0 Å². The molecule has 0 aromatic heterocycles. The lowest BCUT2D eigenvalue weighted by molar-refractivity contribution is -0.0852. The Morgan fingerprint density at radius 2 is 1.69 bits per heavy atom. The van der Waals surface area contributed by atoms with Gasteiger partial charge < -0.3 is 20.9 Å². The fourth-order valence-corrected chi connectivity index (χ4v) is 3.19. The van der Waals surface area contributed by atoms with Crippen LogP contribution in [-0.4, -0.2) is 41.5 Å². The van der Waals surface area contributed by atoms with Gasteiger partial charge in [0.25, 0.3) is 0 Å². The second-order valence-corrected chi connectivity index (χ2v) is 6.41. The summed E-state index contributed by atoms with van der Waals surface area (Å²) in [4.78, 5) is 0. The van der Waals surface area contributed by atoms with E-state index in [0.29, 0.717) is 19.4 Å². The summed E-state index contributed by atoms with van der Waals surface area (Å²) >= 11 is 0. The Balaban J connectivity index is 2.87. The minimum Gasteiger partial charge on any atom is -0.388 e. The van der Waals surface area contributed by atoms with Crippen molar-refractivity contribution in [3.63, 3.8) is 0 Å². The summed E-state index contributed by atoms with van der Waals surface area (Å²) in [6.07, 6.45) is 1.29. The van der Waals surface area contributed by atoms with Crippen LogP contribution in [0.25, 0.3) is 0 Å². The molecule has 4 N–H and O–H groups in total. The highest BCUT2D eigenvalue weighted by molar-refractivity contribution is 5.07. The van der Waals surface area contributed by atoms with Crippen molar-refractivity contribution in [2.75, 3.05) is 13.7 Å². The molecule has 1 aliphatic heterocycles. The number of aliphatic hydroxyl groups is 1. The van der Waals surface area contributed by atoms with Crippen molar-refractivity contribution in [2.45, 2.75) is 63.3 Å². The van der Waals surface area contributed by atoms with Gasteiger partial charge in [0, 0.05) is 18.2 Å². The van der Waals surface area contributed by atoms with E-state index >= 15 is 0 Å². The largest absolute Gasteiger partial charge is 0.388 e. The van der Waals surface area contributed by atoms with Crippen LogP contribution in [-0.2, 0) is 4.74 Å². The van der Waals surface area contributed by atoms with Crippen molar-refractivity contribution in [3.8, 4) is 0 Å². The summed E-state index contributed by atoms with van der Waals surface area (Å²) in [5.74, 6) is 0. The first kappa shape index (κ1) is 13.9. The number of hydrogen-bond donors (Lipinski definition) is 3. The fraction of sp³-hybridized carbons (Fsp3) is 1.00. The second kappa shape index (κ2) is 4.26. The van der Waals surface area contributed by atoms with Crippen LogP contribution in [0.15, 0.2) is 0 Å². The lowest BCUT2D eigenvalue weighted by atomic mass is 9.70. The van der Waals surface area contributed by atoms with Gasteiger partial charge in [0.2, 0.25) is 0 Å². The topological polar surface area (TPSA) is 67.5 Å². The van der Waals surface area contributed by atoms with Crippen LogP contribution in [0.5, 0.6) is 0 Å². The van der Waals surface area contributed by atoms with Gasteiger partial charge in [-0.1, -0.05) is 0 Å². The van der Waals surface area contributed by atoms with E-state index in [9.17, 15) is 5.11 Å². The first-order valence-corrected chi connectivity index (χ1v) is 5.87. The lowest BCUT2D eigenvalue weighted by Crippen LogP contribution is -2.68. The summed E-state index contributed by atoms with van der Waals surface area (Å²) in [7, 11) is 1.61. The molecule has 0 aromatic carbocycles. The molecule has 1 saturated heterocycles. The third-order valence-corrected chi connectivity index (χ3v) is 3.21. The fourth-order valence-electron chi connectivity index (χ4n) is 3.19. The van der Waals surface area contributed by atoms with E-state index in [1.54, 1.807) is 7.11 Å². The molecule has 0 aromatic rings. The molecule has 0 bridgehead atoms. The average Bonchev–Trinajstić information content (AvgIpc) is 1.97. The summed E-state index contributed by atoms with van der Waals surface area (Å²) in [6.45, 7) is 8.77. The summed E-state index contributed by atoms with van der Waals surface area (Å²) in [6, 6.07) is -0.335. The quantitative estimate of drug-likeness (QED) is 0.665. The highest BCUT2D eigenvalue weighted by Crippen LogP contribution is 2.37. The Hall–Kier alpha value is -0.160. The summed E-state index contributed by atoms with van der Waals surface area (Å²) in [5.41, 5.74) is 4.96. The van der Waals surface area contributed by atoms with Crippen molar-refractivity contribution in [1.29, 1.82) is 0 Å². The number of rotatable bonds is 3. The van der Waals surface area contributed by atoms with Crippen LogP contribution < -0.4 is 11.1 Å². The van der Waals surface area contributed by atoms with Crippen molar-refractivity contribution in [2.24, 2.45) is 5.73 Å². The Kier molecular flexibility index (Phi) is 3.70. The summed E-state index contributed by atoms with van der Waals surface area (Å²) in [5, 5.41) is 14.2. The maximum absolute atomic E-state index is 10.7. The molecule has 1 heterocycles. The molecular formula is C12H26N2O2. The molecule has 1 atom stereocenters. The maximum Gasteiger partial charge on any atom is 0.0855 e. The zero-order valence-electron chi connectivity index (χ0n) is 11.1. The van der Waals surface area contributed by atoms with E-state index in [0.717, 1.165) is 0 Å². The Bertz CT molecular complexity index is 235. The number of nitrogens with two attached hydrogens (primary N) is 1. The molecule has 1 fully saturated rings. The van der Waals surface area contributed by atoms with Crippen LogP contribution in [0.2, 0.25) is 0 Å². The number of piperidine rings is 1. The van der Waals surface area contributed by atoms with E-state index in [2.05, 4.69) is 33.0 Å². The zero-order valence-corrected chi connectivity index (χ0v) is 11.1. The van der Waals surface area contributed by atoms with Crippen LogP contribution in [0.4, 0.5) is 0 Å². The van der Waals surface area contributed by atoms with E-state index < -0.39 is 5.60 Å². The number of ether oxygens (including phenoxy) is 1. The Morgan fingerprint density at radius 3 is 2.06 bits per heavy atom. The normalized spacial score (nSPS) is 28.7. The van der Waals surface area contributed by atoms with E-state index in [4.69, 9.17) is 10.5 Å². The predicted molar refractivity (Wildman–Crippen MR) is 65.3 cm³/mol. The van der Waals surface area contributed by atoms with Crippen molar-refractivity contribution in [1.82, 2.24) is 5.32 Å². The van der Waals surface area contributed by atoms with Gasteiger partial charge in [-0.15, -0.1) is 0 Å². The lowest BCUT2D eigenvalue weighted by Gasteiger charge is -2.52. The standard InChI is InChI=1S/C12H26N2O2/c1-10(2)7-12(15,9(13)6-16-5)8-11(3,4)14-10/h9,14-15H,6-8,13H2,1-5H3.